The molecule has 1 amide bonds. The van der Waals surface area contributed by atoms with Crippen LogP contribution in [0.1, 0.15) is 19.4 Å². The minimum Gasteiger partial charge on any atom is -0.508 e. The lowest BCUT2D eigenvalue weighted by atomic mass is 10.1. The lowest BCUT2D eigenvalue weighted by Gasteiger charge is -2.17. The fourth-order valence-electron chi connectivity index (χ4n) is 1.75. The van der Waals surface area contributed by atoms with E-state index in [0.29, 0.717) is 13.0 Å². The molecule has 0 unspecified atom stereocenters. The first-order chi connectivity index (χ1) is 8.65. The van der Waals surface area contributed by atoms with E-state index in [1.54, 1.807) is 24.3 Å². The van der Waals surface area contributed by atoms with Gasteiger partial charge in [-0.3, -0.25) is 4.79 Å². The molecule has 0 saturated carbocycles. The Kier molecular flexibility index (Phi) is 6.22. The van der Waals surface area contributed by atoms with Gasteiger partial charge in [0.1, 0.15) is 5.75 Å². The summed E-state index contributed by atoms with van der Waals surface area (Å²) in [6.07, 6.45) is 0.360. The fraction of sp³-hybridized carbons (Fsp3) is 0.500. The Bertz CT molecular complexity index is 359. The molecule has 4 heteroatoms. The Labute approximate surface area is 109 Å². The molecule has 1 aromatic rings. The number of hydrogen-bond donors (Lipinski definition) is 2. The van der Waals surface area contributed by atoms with Gasteiger partial charge in [-0.1, -0.05) is 26.0 Å². The van der Waals surface area contributed by atoms with Crippen molar-refractivity contribution in [3.63, 3.8) is 0 Å². The van der Waals surface area contributed by atoms with Gasteiger partial charge in [0.05, 0.1) is 6.42 Å². The maximum atomic E-state index is 11.7. The molecule has 0 aliphatic rings. The van der Waals surface area contributed by atoms with Crippen LogP contribution in [0, 0.1) is 0 Å². The first-order valence-electron chi connectivity index (χ1n) is 6.42. The van der Waals surface area contributed by atoms with Gasteiger partial charge >= 0.3 is 0 Å². The average molecular weight is 250 g/mol. The number of carbonyl (C=O) groups excluding carboxylic acids is 1. The van der Waals surface area contributed by atoms with Crippen LogP contribution >= 0.6 is 0 Å². The maximum Gasteiger partial charge on any atom is 0.224 e. The van der Waals surface area contributed by atoms with Crippen molar-refractivity contribution < 1.29 is 9.90 Å². The fourth-order valence-corrected chi connectivity index (χ4v) is 1.75. The minimum atomic E-state index is 0.0212. The zero-order valence-electron chi connectivity index (χ0n) is 11.1. The van der Waals surface area contributed by atoms with Crippen LogP contribution in [0.25, 0.3) is 0 Å². The summed E-state index contributed by atoms with van der Waals surface area (Å²) in [4.78, 5) is 13.9. The predicted molar refractivity (Wildman–Crippen MR) is 72.6 cm³/mol. The molecule has 0 radical (unpaired) electrons. The van der Waals surface area contributed by atoms with Gasteiger partial charge in [0.15, 0.2) is 0 Å². The lowest BCUT2D eigenvalue weighted by molar-refractivity contribution is -0.120. The number of phenolic OH excluding ortho intramolecular Hbond substituents is 1. The van der Waals surface area contributed by atoms with Crippen molar-refractivity contribution in [1.82, 2.24) is 10.2 Å². The molecule has 100 valence electrons. The summed E-state index contributed by atoms with van der Waals surface area (Å²) >= 11 is 0. The molecule has 0 aromatic heterocycles. The second kappa shape index (κ2) is 7.71. The van der Waals surface area contributed by atoms with Crippen molar-refractivity contribution in [2.24, 2.45) is 0 Å². The van der Waals surface area contributed by atoms with E-state index in [2.05, 4.69) is 24.1 Å². The van der Waals surface area contributed by atoms with Crippen LogP contribution < -0.4 is 5.32 Å². The molecule has 0 bridgehead atoms. The number of hydrogen-bond acceptors (Lipinski definition) is 3. The summed E-state index contributed by atoms with van der Waals surface area (Å²) in [5.74, 6) is 0.244. The van der Waals surface area contributed by atoms with Gasteiger partial charge in [0.2, 0.25) is 5.91 Å². The van der Waals surface area contributed by atoms with E-state index < -0.39 is 0 Å². The number of nitrogens with one attached hydrogen (secondary N) is 1. The molecule has 0 heterocycles. The summed E-state index contributed by atoms with van der Waals surface area (Å²) in [6.45, 7) is 7.80. The normalized spacial score (nSPS) is 10.6. The molecule has 18 heavy (non-hydrogen) atoms. The highest BCUT2D eigenvalue weighted by atomic mass is 16.3. The highest BCUT2D eigenvalue weighted by Gasteiger charge is 2.04. The molecule has 2 N–H and O–H groups in total. The molecule has 0 spiro atoms. The Balaban J connectivity index is 2.27. The zero-order valence-corrected chi connectivity index (χ0v) is 11.1. The van der Waals surface area contributed by atoms with Gasteiger partial charge in [-0.25, -0.2) is 0 Å². The van der Waals surface area contributed by atoms with Crippen molar-refractivity contribution in [2.75, 3.05) is 26.2 Å². The molecule has 0 aliphatic heterocycles. The highest BCUT2D eigenvalue weighted by molar-refractivity contribution is 5.78. The predicted octanol–water partition coefficient (Wildman–Crippen LogP) is 1.39. The van der Waals surface area contributed by atoms with Crippen LogP contribution in [-0.4, -0.2) is 42.1 Å². The smallest absolute Gasteiger partial charge is 0.224 e. The number of nitrogens with zero attached hydrogens (tertiary/aromatic N) is 1. The molecular formula is C14H22N2O2. The maximum absolute atomic E-state index is 11.7. The van der Waals surface area contributed by atoms with Gasteiger partial charge in [-0.15, -0.1) is 0 Å². The minimum absolute atomic E-state index is 0.0212. The van der Waals surface area contributed by atoms with Crippen molar-refractivity contribution >= 4 is 5.91 Å². The monoisotopic (exact) mass is 250 g/mol. The SMILES string of the molecule is CCN(CC)CCNC(=O)Cc1ccc(O)cc1. The quantitative estimate of drug-likeness (QED) is 0.769. The van der Waals surface area contributed by atoms with E-state index in [-0.39, 0.29) is 11.7 Å². The third-order valence-corrected chi connectivity index (χ3v) is 2.95. The number of likely N-dealkylation sites (N-methyl/N-ethyl adjacent to an activating group) is 1. The van der Waals surface area contributed by atoms with Crippen LogP contribution in [0.5, 0.6) is 5.75 Å². The summed E-state index contributed by atoms with van der Waals surface area (Å²) in [7, 11) is 0. The molecule has 4 nitrogen and oxygen atoms in total. The van der Waals surface area contributed by atoms with E-state index in [1.807, 2.05) is 0 Å². The van der Waals surface area contributed by atoms with Crippen LogP contribution in [-0.2, 0) is 11.2 Å². The molecule has 1 aromatic carbocycles. The molecule has 1 rings (SSSR count). The Morgan fingerprint density at radius 3 is 2.39 bits per heavy atom. The average Bonchev–Trinajstić information content (AvgIpc) is 2.37. The van der Waals surface area contributed by atoms with E-state index >= 15 is 0 Å². The largest absolute Gasteiger partial charge is 0.508 e. The van der Waals surface area contributed by atoms with E-state index in [4.69, 9.17) is 5.11 Å². The van der Waals surface area contributed by atoms with E-state index in [1.165, 1.54) is 0 Å². The Morgan fingerprint density at radius 1 is 1.22 bits per heavy atom. The Hall–Kier alpha value is -1.55. The number of phenols is 1. The van der Waals surface area contributed by atoms with Crippen LogP contribution in [0.4, 0.5) is 0 Å². The van der Waals surface area contributed by atoms with Gasteiger partial charge in [-0.05, 0) is 30.8 Å². The topological polar surface area (TPSA) is 52.6 Å². The second-order valence-electron chi connectivity index (χ2n) is 4.22. The Morgan fingerprint density at radius 2 is 1.83 bits per heavy atom. The van der Waals surface area contributed by atoms with E-state index in [9.17, 15) is 4.79 Å². The number of rotatable bonds is 7. The first kappa shape index (κ1) is 14.5. The number of benzene rings is 1. The second-order valence-corrected chi connectivity index (χ2v) is 4.22. The third kappa shape index (κ3) is 5.19. The van der Waals surface area contributed by atoms with Crippen molar-refractivity contribution in [3.05, 3.63) is 29.8 Å². The zero-order chi connectivity index (χ0) is 13.4. The number of aromatic hydroxyl groups is 1. The first-order valence-corrected chi connectivity index (χ1v) is 6.42. The summed E-state index contributed by atoms with van der Waals surface area (Å²) in [5, 5.41) is 12.0. The molecule has 0 saturated heterocycles. The van der Waals surface area contributed by atoms with Crippen LogP contribution in [0.3, 0.4) is 0 Å². The van der Waals surface area contributed by atoms with Crippen LogP contribution in [0.15, 0.2) is 24.3 Å². The summed E-state index contributed by atoms with van der Waals surface area (Å²) < 4.78 is 0. The summed E-state index contributed by atoms with van der Waals surface area (Å²) in [5.41, 5.74) is 0.910. The van der Waals surface area contributed by atoms with Gasteiger partial charge in [0.25, 0.3) is 0 Å². The standard InChI is InChI=1S/C14H22N2O2/c1-3-16(4-2)10-9-15-14(18)11-12-5-7-13(17)8-6-12/h5-8,17H,3-4,9-11H2,1-2H3,(H,15,18). The van der Waals surface area contributed by atoms with Crippen molar-refractivity contribution in [2.45, 2.75) is 20.3 Å². The van der Waals surface area contributed by atoms with Gasteiger partial charge in [0, 0.05) is 13.1 Å². The lowest BCUT2D eigenvalue weighted by Crippen LogP contribution is -2.35. The molecule has 0 atom stereocenters. The summed E-state index contributed by atoms with van der Waals surface area (Å²) in [6, 6.07) is 6.72. The number of amides is 1. The van der Waals surface area contributed by atoms with Crippen molar-refractivity contribution in [1.29, 1.82) is 0 Å². The molecular weight excluding hydrogens is 228 g/mol. The number of carbonyl (C=O) groups is 1. The van der Waals surface area contributed by atoms with Crippen LogP contribution in [0.2, 0.25) is 0 Å². The molecule has 0 fully saturated rings. The van der Waals surface area contributed by atoms with Gasteiger partial charge < -0.3 is 15.3 Å². The van der Waals surface area contributed by atoms with Crippen molar-refractivity contribution in [3.8, 4) is 5.75 Å². The van der Waals surface area contributed by atoms with E-state index in [0.717, 1.165) is 25.2 Å². The highest BCUT2D eigenvalue weighted by Crippen LogP contribution is 2.09. The third-order valence-electron chi connectivity index (χ3n) is 2.95. The molecule has 0 aliphatic carbocycles. The van der Waals surface area contributed by atoms with Gasteiger partial charge in [-0.2, -0.15) is 0 Å².